The summed E-state index contributed by atoms with van der Waals surface area (Å²) in [4.78, 5) is 14.1. The van der Waals surface area contributed by atoms with E-state index in [1.54, 1.807) is 18.9 Å². The van der Waals surface area contributed by atoms with E-state index in [-0.39, 0.29) is 12.0 Å². The highest BCUT2D eigenvalue weighted by atomic mass is 16.5. The molecule has 1 aromatic carbocycles. The van der Waals surface area contributed by atoms with Crippen LogP contribution < -0.4 is 10.5 Å². The highest BCUT2D eigenvalue weighted by molar-refractivity contribution is 5.81. The first kappa shape index (κ1) is 15.8. The molecular formula is C16H24N2O3. The Bertz CT molecular complexity index is 470. The first-order valence-electron chi connectivity index (χ1n) is 7.39. The number of hydrogen-bond donors (Lipinski definition) is 1. The van der Waals surface area contributed by atoms with Gasteiger partial charge in [-0.25, -0.2) is 0 Å². The van der Waals surface area contributed by atoms with Crippen LogP contribution in [0.5, 0.6) is 5.75 Å². The molecule has 0 aromatic heterocycles. The summed E-state index contributed by atoms with van der Waals surface area (Å²) in [6, 6.07) is 7.21. The molecule has 5 nitrogen and oxygen atoms in total. The number of rotatable bonds is 6. The van der Waals surface area contributed by atoms with Crippen molar-refractivity contribution in [1.82, 2.24) is 4.90 Å². The predicted octanol–water partition coefficient (Wildman–Crippen LogP) is 1.55. The summed E-state index contributed by atoms with van der Waals surface area (Å²) in [6.07, 6.45) is 2.16. The van der Waals surface area contributed by atoms with Crippen molar-refractivity contribution in [3.63, 3.8) is 0 Å². The topological polar surface area (TPSA) is 64.8 Å². The quantitative estimate of drug-likeness (QED) is 0.864. The van der Waals surface area contributed by atoms with Crippen molar-refractivity contribution < 1.29 is 14.3 Å². The maximum atomic E-state index is 12.3. The molecular weight excluding hydrogens is 268 g/mol. The first-order chi connectivity index (χ1) is 10.1. The van der Waals surface area contributed by atoms with Crippen LogP contribution in [0.15, 0.2) is 24.3 Å². The van der Waals surface area contributed by atoms with E-state index in [0.29, 0.717) is 13.1 Å². The molecule has 1 fully saturated rings. The number of carbonyl (C=O) groups is 1. The molecule has 1 aliphatic rings. The number of nitrogens with two attached hydrogens (primary N) is 1. The molecule has 2 N–H and O–H groups in total. The van der Waals surface area contributed by atoms with Gasteiger partial charge in [-0.05, 0) is 25.8 Å². The fraction of sp³-hybridized carbons (Fsp3) is 0.562. The molecule has 1 saturated heterocycles. The average molecular weight is 292 g/mol. The van der Waals surface area contributed by atoms with Gasteiger partial charge in [-0.1, -0.05) is 18.2 Å². The maximum absolute atomic E-state index is 12.3. The largest absolute Gasteiger partial charge is 0.496 e. The first-order valence-corrected chi connectivity index (χ1v) is 7.39. The van der Waals surface area contributed by atoms with E-state index >= 15 is 0 Å². The van der Waals surface area contributed by atoms with Crippen LogP contribution in [-0.2, 0) is 16.1 Å². The van der Waals surface area contributed by atoms with Crippen LogP contribution in [0.2, 0.25) is 0 Å². The van der Waals surface area contributed by atoms with Crippen LogP contribution in [0.4, 0.5) is 0 Å². The molecule has 1 heterocycles. The van der Waals surface area contributed by atoms with Gasteiger partial charge in [0.15, 0.2) is 0 Å². The molecule has 0 spiro atoms. The van der Waals surface area contributed by atoms with Crippen LogP contribution in [0.1, 0.15) is 25.3 Å². The number of nitrogens with zero attached hydrogens (tertiary/aromatic N) is 1. The zero-order valence-corrected chi connectivity index (χ0v) is 12.7. The van der Waals surface area contributed by atoms with Gasteiger partial charge in [0.1, 0.15) is 5.75 Å². The highest BCUT2D eigenvalue weighted by Gasteiger charge is 2.25. The van der Waals surface area contributed by atoms with Crippen molar-refractivity contribution in [3.8, 4) is 5.75 Å². The van der Waals surface area contributed by atoms with E-state index in [9.17, 15) is 4.79 Å². The number of methoxy groups -OCH3 is 1. The second kappa shape index (κ2) is 7.43. The van der Waals surface area contributed by atoms with Gasteiger partial charge >= 0.3 is 0 Å². The van der Waals surface area contributed by atoms with E-state index in [0.717, 1.165) is 30.8 Å². The number of hydrogen-bond acceptors (Lipinski definition) is 4. The van der Waals surface area contributed by atoms with Crippen LogP contribution >= 0.6 is 0 Å². The van der Waals surface area contributed by atoms with Crippen LogP contribution in [0, 0.1) is 0 Å². The van der Waals surface area contributed by atoms with Gasteiger partial charge in [-0.3, -0.25) is 4.79 Å². The second-order valence-corrected chi connectivity index (χ2v) is 5.45. The molecule has 2 rings (SSSR count). The Kier molecular flexibility index (Phi) is 5.59. The fourth-order valence-corrected chi connectivity index (χ4v) is 2.59. The normalized spacial score (nSPS) is 19.3. The molecule has 21 heavy (non-hydrogen) atoms. The number of benzene rings is 1. The van der Waals surface area contributed by atoms with E-state index in [1.165, 1.54) is 0 Å². The molecule has 116 valence electrons. The summed E-state index contributed by atoms with van der Waals surface area (Å²) in [5.74, 6) is 0.726. The van der Waals surface area contributed by atoms with Gasteiger partial charge in [-0.2, -0.15) is 0 Å². The van der Waals surface area contributed by atoms with Crippen molar-refractivity contribution >= 4 is 5.91 Å². The van der Waals surface area contributed by atoms with Crippen molar-refractivity contribution in [1.29, 1.82) is 0 Å². The molecule has 0 aliphatic carbocycles. The number of amides is 1. The molecule has 2 atom stereocenters. The van der Waals surface area contributed by atoms with Gasteiger partial charge in [0, 0.05) is 25.3 Å². The van der Waals surface area contributed by atoms with Gasteiger partial charge in [0.05, 0.1) is 19.3 Å². The van der Waals surface area contributed by atoms with Crippen molar-refractivity contribution in [2.24, 2.45) is 5.73 Å². The molecule has 0 bridgehead atoms. The Hall–Kier alpha value is -1.59. The average Bonchev–Trinajstić information content (AvgIpc) is 2.99. The Balaban J connectivity index is 2.12. The third-order valence-electron chi connectivity index (χ3n) is 3.70. The van der Waals surface area contributed by atoms with Crippen LogP contribution in [0.3, 0.4) is 0 Å². The van der Waals surface area contributed by atoms with Gasteiger partial charge in [0.2, 0.25) is 5.91 Å². The standard InChI is InChI=1S/C16H24N2O3/c1-12(17)16(19)18(11-14-7-5-9-21-14)10-13-6-3-4-8-15(13)20-2/h3-4,6,8,12,14H,5,7,9-11,17H2,1-2H3/t12-,14?/m0/s1. The second-order valence-electron chi connectivity index (χ2n) is 5.45. The summed E-state index contributed by atoms with van der Waals surface area (Å²) in [6.45, 7) is 3.56. The van der Waals surface area contributed by atoms with Crippen molar-refractivity contribution in [3.05, 3.63) is 29.8 Å². The molecule has 0 radical (unpaired) electrons. The molecule has 1 unspecified atom stereocenters. The van der Waals surface area contributed by atoms with E-state index < -0.39 is 6.04 Å². The van der Waals surface area contributed by atoms with Gasteiger partial charge < -0.3 is 20.1 Å². The SMILES string of the molecule is COc1ccccc1CN(CC1CCCO1)C(=O)[C@H](C)N. The lowest BCUT2D eigenvalue weighted by molar-refractivity contribution is -0.134. The zero-order valence-electron chi connectivity index (χ0n) is 12.7. The summed E-state index contributed by atoms with van der Waals surface area (Å²) in [5.41, 5.74) is 6.75. The van der Waals surface area contributed by atoms with E-state index in [1.807, 2.05) is 24.3 Å². The molecule has 1 aliphatic heterocycles. The van der Waals surface area contributed by atoms with Crippen molar-refractivity contribution in [2.45, 2.75) is 38.5 Å². The van der Waals surface area contributed by atoms with Gasteiger partial charge in [-0.15, -0.1) is 0 Å². The molecule has 1 amide bonds. The third kappa shape index (κ3) is 4.19. The molecule has 0 saturated carbocycles. The third-order valence-corrected chi connectivity index (χ3v) is 3.70. The van der Waals surface area contributed by atoms with E-state index in [2.05, 4.69) is 0 Å². The lowest BCUT2D eigenvalue weighted by atomic mass is 10.1. The summed E-state index contributed by atoms with van der Waals surface area (Å²) < 4.78 is 11.0. The number of para-hydroxylation sites is 1. The monoisotopic (exact) mass is 292 g/mol. The minimum absolute atomic E-state index is 0.0589. The molecule has 5 heteroatoms. The summed E-state index contributed by atoms with van der Waals surface area (Å²) in [5, 5.41) is 0. The zero-order chi connectivity index (χ0) is 15.2. The Labute approximate surface area is 126 Å². The minimum Gasteiger partial charge on any atom is -0.496 e. The van der Waals surface area contributed by atoms with Crippen LogP contribution in [-0.4, -0.2) is 43.2 Å². The Morgan fingerprint density at radius 2 is 2.29 bits per heavy atom. The lowest BCUT2D eigenvalue weighted by Gasteiger charge is -2.27. The lowest BCUT2D eigenvalue weighted by Crippen LogP contribution is -2.44. The van der Waals surface area contributed by atoms with E-state index in [4.69, 9.17) is 15.2 Å². The molecule has 1 aromatic rings. The summed E-state index contributed by atoms with van der Waals surface area (Å²) >= 11 is 0. The minimum atomic E-state index is -0.513. The van der Waals surface area contributed by atoms with Crippen LogP contribution in [0.25, 0.3) is 0 Å². The predicted molar refractivity (Wildman–Crippen MR) is 81.0 cm³/mol. The van der Waals surface area contributed by atoms with Gasteiger partial charge in [0.25, 0.3) is 0 Å². The Morgan fingerprint density at radius 1 is 1.52 bits per heavy atom. The number of carbonyl (C=O) groups excluding carboxylic acids is 1. The number of ether oxygens (including phenoxy) is 2. The summed E-state index contributed by atoms with van der Waals surface area (Å²) in [7, 11) is 1.64. The highest BCUT2D eigenvalue weighted by Crippen LogP contribution is 2.21. The maximum Gasteiger partial charge on any atom is 0.239 e. The Morgan fingerprint density at radius 3 is 2.90 bits per heavy atom. The van der Waals surface area contributed by atoms with Crippen molar-refractivity contribution in [2.75, 3.05) is 20.3 Å². The fourth-order valence-electron chi connectivity index (χ4n) is 2.59. The smallest absolute Gasteiger partial charge is 0.239 e.